The largest absolute Gasteiger partial charge is 0.467 e. The van der Waals surface area contributed by atoms with Crippen molar-refractivity contribution in [2.24, 2.45) is 0 Å². The van der Waals surface area contributed by atoms with Gasteiger partial charge >= 0.3 is 5.97 Å². The van der Waals surface area contributed by atoms with E-state index in [1.165, 1.54) is 25.1 Å². The summed E-state index contributed by atoms with van der Waals surface area (Å²) in [7, 11) is 2.62. The van der Waals surface area contributed by atoms with Gasteiger partial charge in [-0.1, -0.05) is 5.21 Å². The van der Waals surface area contributed by atoms with Crippen LogP contribution in [0.2, 0.25) is 0 Å². The highest BCUT2D eigenvalue weighted by molar-refractivity contribution is 5.75. The molecule has 2 fully saturated rings. The van der Waals surface area contributed by atoms with Crippen LogP contribution in [-0.2, 0) is 28.5 Å². The molecule has 0 saturated carbocycles. The smallest absolute Gasteiger partial charge is 0.337 e. The first-order chi connectivity index (χ1) is 15.1. The second kappa shape index (κ2) is 8.43. The molecule has 1 aromatic heterocycles. The minimum atomic E-state index is -1.58. The average Bonchev–Trinajstić information content (AvgIpc) is 3.24. The van der Waals surface area contributed by atoms with Crippen LogP contribution < -0.4 is 0 Å². The summed E-state index contributed by atoms with van der Waals surface area (Å²) < 4.78 is 70.1. The van der Waals surface area contributed by atoms with Crippen LogP contribution >= 0.6 is 0 Å². The molecule has 0 aliphatic carbocycles. The second-order valence-corrected chi connectivity index (χ2v) is 7.94. The van der Waals surface area contributed by atoms with E-state index in [4.69, 9.17) is 23.7 Å². The normalized spacial score (nSPS) is 29.4. The third-order valence-electron chi connectivity index (χ3n) is 5.48. The molecule has 174 valence electrons. The zero-order valence-electron chi connectivity index (χ0n) is 17.8. The fraction of sp³-hybridized carbons (Fsp3) is 0.550. The van der Waals surface area contributed by atoms with E-state index in [1.807, 2.05) is 0 Å². The molecular weight excluding hydrogens is 435 g/mol. The SMILES string of the molecule is COC(=O)[C@@H]1O[C@@H]2COC(C)(C)O[C@@H]2[C@H](n2cc(-c3cc(F)c(F)c(F)c3)nn2)[C@H]1OC. The van der Waals surface area contributed by atoms with Gasteiger partial charge in [-0.25, -0.2) is 22.6 Å². The van der Waals surface area contributed by atoms with Gasteiger partial charge in [0.25, 0.3) is 0 Å². The molecule has 4 rings (SSSR count). The number of halogens is 3. The summed E-state index contributed by atoms with van der Waals surface area (Å²) in [6.45, 7) is 3.59. The number of benzene rings is 1. The Hall–Kier alpha value is -2.54. The summed E-state index contributed by atoms with van der Waals surface area (Å²) in [5, 5.41) is 8.04. The van der Waals surface area contributed by atoms with Gasteiger partial charge in [-0.05, 0) is 26.0 Å². The van der Waals surface area contributed by atoms with Crippen molar-refractivity contribution in [3.05, 3.63) is 35.8 Å². The first kappa shape index (κ1) is 22.6. The topological polar surface area (TPSA) is 93.9 Å². The standard InChI is InChI=1S/C20H22F3N3O6/c1-20(2)30-8-13-16(32-20)15(17(28-3)18(31-13)19(27)29-4)26-7-12(24-25-26)9-5-10(21)14(23)11(22)6-9/h5-7,13,15-18H,8H2,1-4H3/t13-,15+,16+,17-,18-/m1/s1. The van der Waals surface area contributed by atoms with Gasteiger partial charge in [0.1, 0.15) is 30.0 Å². The minimum absolute atomic E-state index is 0.0111. The molecule has 9 nitrogen and oxygen atoms in total. The van der Waals surface area contributed by atoms with Crippen molar-refractivity contribution in [2.75, 3.05) is 20.8 Å². The molecule has 5 atom stereocenters. The Morgan fingerprint density at radius 3 is 2.53 bits per heavy atom. The lowest BCUT2D eigenvalue weighted by Crippen LogP contribution is -2.64. The van der Waals surface area contributed by atoms with Crippen molar-refractivity contribution in [3.8, 4) is 11.3 Å². The maximum absolute atomic E-state index is 13.7. The van der Waals surface area contributed by atoms with E-state index in [9.17, 15) is 18.0 Å². The molecular formula is C20H22F3N3O6. The molecule has 2 saturated heterocycles. The van der Waals surface area contributed by atoms with Crippen LogP contribution in [0.4, 0.5) is 13.2 Å². The molecule has 2 aromatic rings. The van der Waals surface area contributed by atoms with Crippen LogP contribution in [0.15, 0.2) is 18.3 Å². The van der Waals surface area contributed by atoms with Crippen molar-refractivity contribution in [3.63, 3.8) is 0 Å². The van der Waals surface area contributed by atoms with Gasteiger partial charge in [0.15, 0.2) is 29.3 Å². The van der Waals surface area contributed by atoms with Crippen LogP contribution in [-0.4, -0.2) is 72.0 Å². The van der Waals surface area contributed by atoms with E-state index in [-0.39, 0.29) is 17.9 Å². The third-order valence-corrected chi connectivity index (χ3v) is 5.48. The Labute approximate surface area is 181 Å². The van der Waals surface area contributed by atoms with E-state index in [1.54, 1.807) is 13.8 Å². The maximum atomic E-state index is 13.7. The summed E-state index contributed by atoms with van der Waals surface area (Å²) >= 11 is 0. The Morgan fingerprint density at radius 1 is 1.22 bits per heavy atom. The number of ether oxygens (including phenoxy) is 5. The quantitative estimate of drug-likeness (QED) is 0.509. The molecule has 3 heterocycles. The minimum Gasteiger partial charge on any atom is -0.467 e. The maximum Gasteiger partial charge on any atom is 0.337 e. The molecule has 0 N–H and O–H groups in total. The molecule has 1 aromatic carbocycles. The molecule has 0 unspecified atom stereocenters. The lowest BCUT2D eigenvalue weighted by Gasteiger charge is -2.50. The monoisotopic (exact) mass is 457 g/mol. The molecule has 2 aliphatic heterocycles. The highest BCUT2D eigenvalue weighted by Crippen LogP contribution is 2.39. The predicted molar refractivity (Wildman–Crippen MR) is 101 cm³/mol. The van der Waals surface area contributed by atoms with Gasteiger partial charge in [-0.3, -0.25) is 0 Å². The molecule has 0 spiro atoms. The lowest BCUT2D eigenvalue weighted by molar-refractivity contribution is -0.347. The van der Waals surface area contributed by atoms with Crippen molar-refractivity contribution in [2.45, 2.75) is 50.1 Å². The molecule has 0 amide bonds. The van der Waals surface area contributed by atoms with Gasteiger partial charge in [-0.15, -0.1) is 5.10 Å². The van der Waals surface area contributed by atoms with Crippen LogP contribution in [0.1, 0.15) is 19.9 Å². The van der Waals surface area contributed by atoms with Crippen molar-refractivity contribution >= 4 is 5.97 Å². The molecule has 2 aliphatic rings. The summed E-state index contributed by atoms with van der Waals surface area (Å²) in [4.78, 5) is 12.4. The zero-order valence-corrected chi connectivity index (χ0v) is 17.8. The molecule has 0 radical (unpaired) electrons. The van der Waals surface area contributed by atoms with E-state index in [0.717, 1.165) is 12.1 Å². The van der Waals surface area contributed by atoms with Gasteiger partial charge in [0, 0.05) is 12.7 Å². The van der Waals surface area contributed by atoms with E-state index in [0.29, 0.717) is 0 Å². The second-order valence-electron chi connectivity index (χ2n) is 7.94. The van der Waals surface area contributed by atoms with Crippen LogP contribution in [0.5, 0.6) is 0 Å². The fourth-order valence-corrected chi connectivity index (χ4v) is 3.98. The van der Waals surface area contributed by atoms with Crippen LogP contribution in [0.3, 0.4) is 0 Å². The van der Waals surface area contributed by atoms with Gasteiger partial charge in [0.05, 0.1) is 19.9 Å². The summed E-state index contributed by atoms with van der Waals surface area (Å²) in [6.07, 6.45) is -1.92. The van der Waals surface area contributed by atoms with E-state index in [2.05, 4.69) is 10.3 Å². The first-order valence-corrected chi connectivity index (χ1v) is 9.80. The predicted octanol–water partition coefficient (Wildman–Crippen LogP) is 2.01. The Morgan fingerprint density at radius 2 is 1.91 bits per heavy atom. The molecule has 32 heavy (non-hydrogen) atoms. The van der Waals surface area contributed by atoms with Crippen molar-refractivity contribution < 1.29 is 41.7 Å². The highest BCUT2D eigenvalue weighted by atomic mass is 19.2. The van der Waals surface area contributed by atoms with Crippen molar-refractivity contribution in [1.29, 1.82) is 0 Å². The molecule has 0 bridgehead atoms. The number of fused-ring (bicyclic) bond motifs is 1. The Bertz CT molecular complexity index is 993. The van der Waals surface area contributed by atoms with Gasteiger partial charge in [0.2, 0.25) is 0 Å². The Balaban J connectivity index is 1.75. The fourth-order valence-electron chi connectivity index (χ4n) is 3.98. The third kappa shape index (κ3) is 3.98. The number of hydrogen-bond donors (Lipinski definition) is 0. The number of carbonyl (C=O) groups excluding carboxylic acids is 1. The zero-order chi connectivity index (χ0) is 23.2. The number of methoxy groups -OCH3 is 2. The number of hydrogen-bond acceptors (Lipinski definition) is 8. The number of carbonyl (C=O) groups is 1. The van der Waals surface area contributed by atoms with Crippen molar-refractivity contribution in [1.82, 2.24) is 15.0 Å². The van der Waals surface area contributed by atoms with Gasteiger partial charge in [-0.2, -0.15) is 0 Å². The van der Waals surface area contributed by atoms with E-state index >= 15 is 0 Å². The van der Waals surface area contributed by atoms with E-state index < -0.39 is 59.7 Å². The summed E-state index contributed by atoms with van der Waals surface area (Å²) in [5.74, 6) is -5.89. The van der Waals surface area contributed by atoms with Crippen LogP contribution in [0, 0.1) is 17.5 Å². The van der Waals surface area contributed by atoms with Crippen LogP contribution in [0.25, 0.3) is 11.3 Å². The Kier molecular flexibility index (Phi) is 5.96. The number of nitrogens with zero attached hydrogens (tertiary/aromatic N) is 3. The first-order valence-electron chi connectivity index (χ1n) is 9.80. The number of rotatable bonds is 4. The highest BCUT2D eigenvalue weighted by Gasteiger charge is 2.55. The number of esters is 1. The molecule has 12 heteroatoms. The average molecular weight is 457 g/mol. The number of aromatic nitrogens is 3. The summed E-state index contributed by atoms with van der Waals surface area (Å²) in [5.41, 5.74) is 0.0737. The summed E-state index contributed by atoms with van der Waals surface area (Å²) in [6, 6.07) is 0.902. The lowest BCUT2D eigenvalue weighted by atomic mass is 9.91. The van der Waals surface area contributed by atoms with Gasteiger partial charge < -0.3 is 23.7 Å².